The van der Waals surface area contributed by atoms with E-state index >= 15 is 0 Å². The average Bonchev–Trinajstić information content (AvgIpc) is 2.55. The number of nitriles is 1. The highest BCUT2D eigenvalue weighted by Gasteiger charge is 2.28. The van der Waals surface area contributed by atoms with Crippen LogP contribution < -0.4 is 14.9 Å². The van der Waals surface area contributed by atoms with Crippen LogP contribution in [0.3, 0.4) is 0 Å². The van der Waals surface area contributed by atoms with Gasteiger partial charge in [0, 0.05) is 25.9 Å². The molecule has 1 fully saturated rings. The summed E-state index contributed by atoms with van der Waals surface area (Å²) in [4.78, 5) is 13.8. The van der Waals surface area contributed by atoms with E-state index in [1.165, 1.54) is 7.11 Å². The highest BCUT2D eigenvalue weighted by molar-refractivity contribution is 6.32. The first-order chi connectivity index (χ1) is 11.7. The molecule has 0 atom stereocenters. The Morgan fingerprint density at radius 3 is 2.48 bits per heavy atom. The van der Waals surface area contributed by atoms with Gasteiger partial charge in [-0.15, -0.1) is 0 Å². The molecule has 25 heavy (non-hydrogen) atoms. The number of likely N-dealkylation sites (tertiary alicyclic amines) is 1. The molecule has 132 valence electrons. The van der Waals surface area contributed by atoms with Crippen molar-refractivity contribution in [3.05, 3.63) is 17.7 Å². The molecular weight excluding hydrogens is 319 g/mol. The van der Waals surface area contributed by atoms with Crippen molar-refractivity contribution in [2.24, 2.45) is 0 Å². The van der Waals surface area contributed by atoms with Crippen molar-refractivity contribution >= 4 is 19.4 Å². The second-order valence-corrected chi connectivity index (χ2v) is 7.00. The zero-order valence-electron chi connectivity index (χ0n) is 15.2. The Labute approximate surface area is 150 Å². The van der Waals surface area contributed by atoms with E-state index in [9.17, 15) is 10.1 Å². The van der Waals surface area contributed by atoms with E-state index in [2.05, 4.69) is 6.07 Å². The van der Waals surface area contributed by atoms with Crippen molar-refractivity contribution < 1.29 is 19.0 Å². The number of piperidine rings is 1. The molecule has 1 aliphatic heterocycles. The highest BCUT2D eigenvalue weighted by Crippen LogP contribution is 2.32. The lowest BCUT2D eigenvalue weighted by atomic mass is 9.93. The SMILES string of the molecule is [B]c1cc(C#N)c(OC2CCN(C(=O)OC(C)(C)C)CC2)c(OC)c1. The molecule has 0 aliphatic carbocycles. The summed E-state index contributed by atoms with van der Waals surface area (Å²) >= 11 is 0. The molecule has 1 aromatic carbocycles. The normalized spacial score (nSPS) is 15.4. The van der Waals surface area contributed by atoms with Crippen LogP contribution in [0.2, 0.25) is 0 Å². The minimum atomic E-state index is -0.510. The molecule has 1 saturated heterocycles. The number of nitrogens with zero attached hydrogens (tertiary/aromatic N) is 2. The van der Waals surface area contributed by atoms with Gasteiger partial charge in [-0.1, -0.05) is 5.46 Å². The van der Waals surface area contributed by atoms with Crippen LogP contribution in [0.1, 0.15) is 39.2 Å². The van der Waals surface area contributed by atoms with Gasteiger partial charge in [0.2, 0.25) is 0 Å². The van der Waals surface area contributed by atoms with Gasteiger partial charge in [-0.2, -0.15) is 5.26 Å². The summed E-state index contributed by atoms with van der Waals surface area (Å²) < 4.78 is 16.7. The van der Waals surface area contributed by atoms with E-state index in [1.807, 2.05) is 20.8 Å². The van der Waals surface area contributed by atoms with Gasteiger partial charge in [0.25, 0.3) is 0 Å². The van der Waals surface area contributed by atoms with Gasteiger partial charge < -0.3 is 19.1 Å². The lowest BCUT2D eigenvalue weighted by Crippen LogP contribution is -2.44. The van der Waals surface area contributed by atoms with Crippen LogP contribution in [-0.4, -0.2) is 50.7 Å². The molecule has 0 spiro atoms. The van der Waals surface area contributed by atoms with E-state index in [4.69, 9.17) is 22.1 Å². The summed E-state index contributed by atoms with van der Waals surface area (Å²) in [5.41, 5.74) is 0.274. The second-order valence-electron chi connectivity index (χ2n) is 7.00. The lowest BCUT2D eigenvalue weighted by Gasteiger charge is -2.33. The van der Waals surface area contributed by atoms with E-state index in [0.29, 0.717) is 48.5 Å². The van der Waals surface area contributed by atoms with Crippen LogP contribution in [0.25, 0.3) is 0 Å². The Kier molecular flexibility index (Phi) is 5.83. The minimum Gasteiger partial charge on any atom is -0.493 e. The first-order valence-electron chi connectivity index (χ1n) is 8.25. The predicted octanol–water partition coefficient (Wildman–Crippen LogP) is 2.14. The monoisotopic (exact) mass is 342 g/mol. The molecular formula is C18H23BN2O4. The zero-order valence-corrected chi connectivity index (χ0v) is 15.2. The largest absolute Gasteiger partial charge is 0.493 e. The van der Waals surface area contributed by atoms with Crippen LogP contribution in [0.15, 0.2) is 12.1 Å². The Hall–Kier alpha value is -2.36. The molecule has 6 nitrogen and oxygen atoms in total. The molecule has 0 aromatic heterocycles. The highest BCUT2D eigenvalue weighted by atomic mass is 16.6. The van der Waals surface area contributed by atoms with Crippen LogP contribution in [0, 0.1) is 11.3 Å². The molecule has 1 amide bonds. The number of hydrogen-bond donors (Lipinski definition) is 0. The number of benzene rings is 1. The van der Waals surface area contributed by atoms with Gasteiger partial charge in [-0.05, 0) is 32.9 Å². The summed E-state index contributed by atoms with van der Waals surface area (Å²) in [6.45, 7) is 6.62. The topological polar surface area (TPSA) is 71.8 Å². The number of ether oxygens (including phenoxy) is 3. The fourth-order valence-electron chi connectivity index (χ4n) is 2.63. The Morgan fingerprint density at radius 1 is 1.32 bits per heavy atom. The van der Waals surface area contributed by atoms with Crippen LogP contribution in [0.5, 0.6) is 11.5 Å². The molecule has 0 N–H and O–H groups in total. The van der Waals surface area contributed by atoms with Crippen molar-refractivity contribution in [3.8, 4) is 17.6 Å². The zero-order chi connectivity index (χ0) is 18.6. The van der Waals surface area contributed by atoms with Crippen LogP contribution in [0.4, 0.5) is 4.79 Å². The Morgan fingerprint density at radius 2 is 1.96 bits per heavy atom. The molecule has 2 radical (unpaired) electrons. The third kappa shape index (κ3) is 5.06. The van der Waals surface area contributed by atoms with Gasteiger partial charge >= 0.3 is 6.09 Å². The van der Waals surface area contributed by atoms with Crippen molar-refractivity contribution in [2.75, 3.05) is 20.2 Å². The average molecular weight is 342 g/mol. The predicted molar refractivity (Wildman–Crippen MR) is 94.6 cm³/mol. The minimum absolute atomic E-state index is 0.108. The number of rotatable bonds is 3. The number of hydrogen-bond acceptors (Lipinski definition) is 5. The third-order valence-electron chi connectivity index (χ3n) is 3.80. The summed E-state index contributed by atoms with van der Waals surface area (Å²) in [6.07, 6.45) is 0.881. The molecule has 1 heterocycles. The molecule has 2 rings (SSSR count). The quantitative estimate of drug-likeness (QED) is 0.787. The van der Waals surface area contributed by atoms with Crippen LogP contribution in [-0.2, 0) is 4.74 Å². The van der Waals surface area contributed by atoms with E-state index in [-0.39, 0.29) is 12.2 Å². The first-order valence-corrected chi connectivity index (χ1v) is 8.25. The standard InChI is InChI=1S/C18H23BN2O4/c1-18(2,3)25-17(22)21-7-5-14(6-8-21)24-16-12(11-20)9-13(19)10-15(16)23-4/h9-10,14H,5-8H2,1-4H3. The molecule has 0 saturated carbocycles. The maximum Gasteiger partial charge on any atom is 0.410 e. The summed E-state index contributed by atoms with van der Waals surface area (Å²) in [5, 5.41) is 9.30. The maximum atomic E-state index is 12.1. The van der Waals surface area contributed by atoms with Gasteiger partial charge in [-0.25, -0.2) is 4.79 Å². The fraction of sp³-hybridized carbons (Fsp3) is 0.556. The summed E-state index contributed by atoms with van der Waals surface area (Å²) in [5.74, 6) is 0.834. The molecule has 1 aromatic rings. The smallest absolute Gasteiger partial charge is 0.410 e. The molecule has 0 unspecified atom stereocenters. The maximum absolute atomic E-state index is 12.1. The van der Waals surface area contributed by atoms with Crippen molar-refractivity contribution in [3.63, 3.8) is 0 Å². The molecule has 7 heteroatoms. The van der Waals surface area contributed by atoms with E-state index < -0.39 is 5.60 Å². The van der Waals surface area contributed by atoms with E-state index in [0.717, 1.165) is 0 Å². The molecule has 0 bridgehead atoms. The second kappa shape index (κ2) is 7.69. The fourth-order valence-corrected chi connectivity index (χ4v) is 2.63. The third-order valence-corrected chi connectivity index (χ3v) is 3.80. The number of methoxy groups -OCH3 is 1. The van der Waals surface area contributed by atoms with Gasteiger partial charge in [0.1, 0.15) is 25.6 Å². The van der Waals surface area contributed by atoms with Crippen LogP contribution >= 0.6 is 0 Å². The Bertz CT molecular complexity index is 671. The van der Waals surface area contributed by atoms with E-state index in [1.54, 1.807) is 17.0 Å². The van der Waals surface area contributed by atoms with Gasteiger partial charge in [-0.3, -0.25) is 0 Å². The van der Waals surface area contributed by atoms with Crippen molar-refractivity contribution in [1.29, 1.82) is 5.26 Å². The first kappa shape index (κ1) is 19.0. The Balaban J connectivity index is 2.01. The number of carbonyl (C=O) groups excluding carboxylic acids is 1. The van der Waals surface area contributed by atoms with Crippen molar-refractivity contribution in [1.82, 2.24) is 4.90 Å². The van der Waals surface area contributed by atoms with Crippen molar-refractivity contribution in [2.45, 2.75) is 45.3 Å². The van der Waals surface area contributed by atoms with Gasteiger partial charge in [0.05, 0.1) is 12.7 Å². The summed E-state index contributed by atoms with van der Waals surface area (Å²) in [7, 11) is 7.28. The summed E-state index contributed by atoms with van der Waals surface area (Å²) in [6, 6.07) is 5.28. The van der Waals surface area contributed by atoms with Gasteiger partial charge in [0.15, 0.2) is 11.5 Å². The molecule has 1 aliphatic rings. The number of amides is 1. The lowest BCUT2D eigenvalue weighted by molar-refractivity contribution is 0.0124. The number of carbonyl (C=O) groups is 1.